The van der Waals surface area contributed by atoms with Gasteiger partial charge < -0.3 is 10.6 Å². The largest absolute Gasteiger partial charge is 0.387 e. The second-order valence-electron chi connectivity index (χ2n) is 4.83. The van der Waals surface area contributed by atoms with E-state index in [-0.39, 0.29) is 23.2 Å². The van der Waals surface area contributed by atoms with Crippen molar-refractivity contribution < 1.29 is 13.9 Å². The predicted octanol–water partition coefficient (Wildman–Crippen LogP) is 1.28. The maximum Gasteiger partial charge on any atom is 0.270 e. The predicted molar refractivity (Wildman–Crippen MR) is 81.0 cm³/mol. The van der Waals surface area contributed by atoms with Gasteiger partial charge in [0, 0.05) is 53.2 Å². The van der Waals surface area contributed by atoms with Gasteiger partial charge in [-0.1, -0.05) is 0 Å². The average molecular weight is 311 g/mol. The van der Waals surface area contributed by atoms with E-state index in [4.69, 9.17) is 0 Å². The van der Waals surface area contributed by atoms with E-state index >= 15 is 0 Å². The molecule has 0 radical (unpaired) electrons. The third-order valence-corrected chi connectivity index (χ3v) is 4.83. The lowest BCUT2D eigenvalue weighted by Gasteiger charge is -2.23. The number of anilines is 1. The average Bonchev–Trinajstić information content (AvgIpc) is 2.48. The van der Waals surface area contributed by atoms with Gasteiger partial charge in [0.15, 0.2) is 0 Å². The molecule has 1 aliphatic heterocycles. The van der Waals surface area contributed by atoms with Crippen LogP contribution in [0, 0.1) is 10.1 Å². The quantitative estimate of drug-likeness (QED) is 0.644. The van der Waals surface area contributed by atoms with E-state index in [0.29, 0.717) is 30.0 Å². The van der Waals surface area contributed by atoms with Gasteiger partial charge in [-0.3, -0.25) is 19.1 Å². The van der Waals surface area contributed by atoms with Crippen LogP contribution in [0.4, 0.5) is 11.4 Å². The van der Waals surface area contributed by atoms with E-state index in [1.54, 1.807) is 7.05 Å². The Bertz CT molecular complexity index is 581. The Morgan fingerprint density at radius 2 is 2.05 bits per heavy atom. The molecule has 0 spiro atoms. The van der Waals surface area contributed by atoms with Crippen LogP contribution in [0.2, 0.25) is 0 Å². The Hall–Kier alpha value is -1.96. The lowest BCUT2D eigenvalue weighted by Crippen LogP contribution is -2.39. The van der Waals surface area contributed by atoms with Crippen molar-refractivity contribution in [1.82, 2.24) is 5.32 Å². The number of nitro benzene ring substituents is 1. The Labute approximate surface area is 124 Å². The SMILES string of the molecule is CNc1ccc([N+](=O)[O-])cc1C(=O)NC1CCS(=O)CC1. The van der Waals surface area contributed by atoms with E-state index in [1.807, 2.05) is 0 Å². The van der Waals surface area contributed by atoms with Gasteiger partial charge in [0.2, 0.25) is 0 Å². The fourth-order valence-electron chi connectivity index (χ4n) is 2.25. The van der Waals surface area contributed by atoms with Crippen LogP contribution in [0.1, 0.15) is 23.2 Å². The van der Waals surface area contributed by atoms with Crippen LogP contribution in [0.25, 0.3) is 0 Å². The molecule has 8 heteroatoms. The summed E-state index contributed by atoms with van der Waals surface area (Å²) in [6.07, 6.45) is 1.34. The lowest BCUT2D eigenvalue weighted by atomic mass is 10.1. The Kier molecular flexibility index (Phi) is 4.89. The summed E-state index contributed by atoms with van der Waals surface area (Å²) in [5, 5.41) is 16.5. The normalized spacial score (nSPS) is 21.6. The van der Waals surface area contributed by atoms with Crippen LogP contribution in [0.5, 0.6) is 0 Å². The van der Waals surface area contributed by atoms with Crippen molar-refractivity contribution in [1.29, 1.82) is 0 Å². The monoisotopic (exact) mass is 311 g/mol. The number of carbonyl (C=O) groups is 1. The molecule has 21 heavy (non-hydrogen) atoms. The lowest BCUT2D eigenvalue weighted by molar-refractivity contribution is -0.384. The van der Waals surface area contributed by atoms with Gasteiger partial charge >= 0.3 is 0 Å². The van der Waals surface area contributed by atoms with Gasteiger partial charge in [-0.2, -0.15) is 0 Å². The summed E-state index contributed by atoms with van der Waals surface area (Å²) in [5.41, 5.74) is 0.666. The first-order valence-corrected chi connectivity index (χ1v) is 8.12. The fourth-order valence-corrected chi connectivity index (χ4v) is 3.55. The smallest absolute Gasteiger partial charge is 0.270 e. The van der Waals surface area contributed by atoms with Crippen molar-refractivity contribution in [3.8, 4) is 0 Å². The summed E-state index contributed by atoms with van der Waals surface area (Å²) >= 11 is 0. The molecule has 1 heterocycles. The summed E-state index contributed by atoms with van der Waals surface area (Å²) in [7, 11) is 0.865. The number of benzene rings is 1. The molecule has 0 atom stereocenters. The van der Waals surface area contributed by atoms with Crippen LogP contribution in [0.3, 0.4) is 0 Å². The van der Waals surface area contributed by atoms with E-state index in [9.17, 15) is 19.1 Å². The number of hydrogen-bond donors (Lipinski definition) is 2. The Morgan fingerprint density at radius 3 is 2.62 bits per heavy atom. The number of non-ortho nitro benzene ring substituents is 1. The molecule has 1 amide bonds. The van der Waals surface area contributed by atoms with Gasteiger partial charge in [-0.15, -0.1) is 0 Å². The minimum Gasteiger partial charge on any atom is -0.387 e. The van der Waals surface area contributed by atoms with Gasteiger partial charge in [-0.25, -0.2) is 0 Å². The van der Waals surface area contributed by atoms with Crippen molar-refractivity contribution in [2.24, 2.45) is 0 Å². The minimum atomic E-state index is -0.789. The number of carbonyl (C=O) groups excluding carboxylic acids is 1. The number of rotatable bonds is 4. The topological polar surface area (TPSA) is 101 Å². The van der Waals surface area contributed by atoms with Crippen LogP contribution < -0.4 is 10.6 Å². The number of hydrogen-bond acceptors (Lipinski definition) is 5. The number of nitrogens with zero attached hydrogens (tertiary/aromatic N) is 1. The standard InChI is InChI=1S/C13H17N3O4S/c1-14-12-3-2-10(16(18)19)8-11(12)13(17)15-9-4-6-21(20)7-5-9/h2-3,8-9,14H,4-7H2,1H3,(H,15,17). The molecule has 114 valence electrons. The number of nitro groups is 1. The molecule has 0 unspecified atom stereocenters. The first-order chi connectivity index (χ1) is 10.0. The molecular weight excluding hydrogens is 294 g/mol. The second kappa shape index (κ2) is 6.66. The Balaban J connectivity index is 2.15. The highest BCUT2D eigenvalue weighted by molar-refractivity contribution is 7.85. The van der Waals surface area contributed by atoms with Gasteiger partial charge in [0.1, 0.15) is 0 Å². The first-order valence-electron chi connectivity index (χ1n) is 6.63. The Morgan fingerprint density at radius 1 is 1.38 bits per heavy atom. The molecular formula is C13H17N3O4S. The summed E-state index contributed by atoms with van der Waals surface area (Å²) in [4.78, 5) is 22.6. The van der Waals surface area contributed by atoms with Gasteiger partial charge in [0.25, 0.3) is 11.6 Å². The third kappa shape index (κ3) is 3.78. The maximum absolute atomic E-state index is 12.3. The van der Waals surface area contributed by atoms with Crippen molar-refractivity contribution in [2.75, 3.05) is 23.9 Å². The zero-order valence-corrected chi connectivity index (χ0v) is 12.4. The summed E-state index contributed by atoms with van der Waals surface area (Å²) in [6.45, 7) is 0. The molecule has 0 bridgehead atoms. The van der Waals surface area contributed by atoms with Gasteiger partial charge in [0.05, 0.1) is 10.5 Å². The molecule has 0 saturated carbocycles. The highest BCUT2D eigenvalue weighted by Gasteiger charge is 2.22. The molecule has 2 rings (SSSR count). The van der Waals surface area contributed by atoms with Crippen LogP contribution in [-0.2, 0) is 10.8 Å². The minimum absolute atomic E-state index is 0.0285. The van der Waals surface area contributed by atoms with E-state index in [1.165, 1.54) is 18.2 Å². The van der Waals surface area contributed by atoms with Crippen LogP contribution in [0.15, 0.2) is 18.2 Å². The van der Waals surface area contributed by atoms with E-state index in [2.05, 4.69) is 10.6 Å². The molecule has 2 N–H and O–H groups in total. The third-order valence-electron chi connectivity index (χ3n) is 3.45. The number of nitrogens with one attached hydrogen (secondary N) is 2. The highest BCUT2D eigenvalue weighted by Crippen LogP contribution is 2.22. The van der Waals surface area contributed by atoms with E-state index < -0.39 is 15.7 Å². The molecule has 1 aliphatic rings. The number of amides is 1. The summed E-state index contributed by atoms with van der Waals surface area (Å²) in [6, 6.07) is 4.11. The van der Waals surface area contributed by atoms with E-state index in [0.717, 1.165) is 0 Å². The summed E-state index contributed by atoms with van der Waals surface area (Å²) in [5.74, 6) is 0.818. The zero-order valence-electron chi connectivity index (χ0n) is 11.6. The first kappa shape index (κ1) is 15.4. The zero-order chi connectivity index (χ0) is 15.4. The summed E-state index contributed by atoms with van der Waals surface area (Å²) < 4.78 is 11.3. The van der Waals surface area contributed by atoms with Crippen LogP contribution in [-0.4, -0.2) is 39.6 Å². The van der Waals surface area contributed by atoms with Crippen molar-refractivity contribution >= 4 is 28.1 Å². The molecule has 1 aromatic rings. The molecule has 7 nitrogen and oxygen atoms in total. The molecule has 0 aromatic heterocycles. The molecule has 1 aromatic carbocycles. The van der Waals surface area contributed by atoms with Crippen molar-refractivity contribution in [2.45, 2.75) is 18.9 Å². The highest BCUT2D eigenvalue weighted by atomic mass is 32.2. The molecule has 1 saturated heterocycles. The maximum atomic E-state index is 12.3. The van der Waals surface area contributed by atoms with Crippen molar-refractivity contribution in [3.63, 3.8) is 0 Å². The van der Waals surface area contributed by atoms with Crippen molar-refractivity contribution in [3.05, 3.63) is 33.9 Å². The van der Waals surface area contributed by atoms with Crippen LogP contribution >= 0.6 is 0 Å². The molecule has 1 fully saturated rings. The van der Waals surface area contributed by atoms with Gasteiger partial charge in [-0.05, 0) is 18.9 Å². The second-order valence-corrected chi connectivity index (χ2v) is 6.53. The molecule has 0 aliphatic carbocycles. The fraction of sp³-hybridized carbons (Fsp3) is 0.462.